The zero-order valence-electron chi connectivity index (χ0n) is 24.0. The molecule has 3 rings (SSSR count). The summed E-state index contributed by atoms with van der Waals surface area (Å²) in [6.07, 6.45) is 0.0678. The van der Waals surface area contributed by atoms with Crippen molar-refractivity contribution in [3.8, 4) is 5.75 Å². The molecule has 0 spiro atoms. The van der Waals surface area contributed by atoms with Gasteiger partial charge in [0.05, 0.1) is 12.2 Å². The van der Waals surface area contributed by atoms with Gasteiger partial charge in [0.2, 0.25) is 19.2 Å². The fourth-order valence-corrected chi connectivity index (χ4v) is 7.66. The van der Waals surface area contributed by atoms with Crippen molar-refractivity contribution >= 4 is 41.8 Å². The van der Waals surface area contributed by atoms with Crippen molar-refractivity contribution in [2.24, 2.45) is 17.8 Å². The van der Waals surface area contributed by atoms with E-state index < -0.39 is 43.3 Å². The molecule has 0 fully saturated rings. The van der Waals surface area contributed by atoms with Crippen LogP contribution in [0.25, 0.3) is 10.8 Å². The van der Waals surface area contributed by atoms with Gasteiger partial charge < -0.3 is 20.3 Å². The van der Waals surface area contributed by atoms with E-state index in [4.69, 9.17) is 4.52 Å². The van der Waals surface area contributed by atoms with Crippen LogP contribution in [0.3, 0.4) is 0 Å². The van der Waals surface area contributed by atoms with Crippen molar-refractivity contribution in [2.45, 2.75) is 53.5 Å². The lowest BCUT2D eigenvalue weighted by atomic mass is 9.94. The zero-order valence-corrected chi connectivity index (χ0v) is 24.9. The summed E-state index contributed by atoms with van der Waals surface area (Å²) in [6.45, 7) is 9.45. The van der Waals surface area contributed by atoms with Crippen molar-refractivity contribution in [1.29, 1.82) is 0 Å². The minimum absolute atomic E-state index is 0.0463. The third-order valence-electron chi connectivity index (χ3n) is 6.85. The third kappa shape index (κ3) is 7.09. The molecule has 1 aliphatic heterocycles. The van der Waals surface area contributed by atoms with Crippen molar-refractivity contribution in [1.82, 2.24) is 15.5 Å². The van der Waals surface area contributed by atoms with Gasteiger partial charge in [0.15, 0.2) is 0 Å². The monoisotopic (exact) mass is 573 g/mol. The molecule has 2 unspecified atom stereocenters. The predicted octanol–water partition coefficient (Wildman–Crippen LogP) is 4.35. The molecule has 40 heavy (non-hydrogen) atoms. The Kier molecular flexibility index (Phi) is 10.1. The van der Waals surface area contributed by atoms with E-state index in [1.165, 1.54) is 19.2 Å². The maximum absolute atomic E-state index is 14.3. The molecule has 2 aromatic carbocycles. The van der Waals surface area contributed by atoms with Crippen molar-refractivity contribution in [3.63, 3.8) is 0 Å². The van der Waals surface area contributed by atoms with Gasteiger partial charge in [0.1, 0.15) is 18.1 Å². The number of nitrogens with zero attached hydrogens (tertiary/aromatic N) is 1. The summed E-state index contributed by atoms with van der Waals surface area (Å²) in [5.74, 6) is -2.77. The summed E-state index contributed by atoms with van der Waals surface area (Å²) in [4.78, 5) is 53.8. The van der Waals surface area contributed by atoms with Crippen molar-refractivity contribution < 1.29 is 33.4 Å². The second-order valence-corrected chi connectivity index (χ2v) is 13.7. The number of imide groups is 1. The number of rotatable bonds is 13. The van der Waals surface area contributed by atoms with Gasteiger partial charge in [0.25, 0.3) is 11.8 Å². The fraction of sp³-hybridized carbons (Fsp3) is 0.517. The lowest BCUT2D eigenvalue weighted by Crippen LogP contribution is -2.49. The van der Waals surface area contributed by atoms with E-state index in [-0.39, 0.29) is 47.4 Å². The highest BCUT2D eigenvalue weighted by Crippen LogP contribution is 2.51. The first-order valence-electron chi connectivity index (χ1n) is 13.7. The van der Waals surface area contributed by atoms with Crippen LogP contribution in [0.2, 0.25) is 0 Å². The van der Waals surface area contributed by atoms with Gasteiger partial charge in [-0.3, -0.25) is 28.6 Å². The number of aromatic hydroxyl groups is 1. The SMILES string of the molecule is CCOP(=O)(CC(CC(C)C)C(=O)N[C@@H](CC(C)C)C(=O)NC)CN1C(=O)c2cccc3cc(O)cc(c23)C1=O. The first-order valence-corrected chi connectivity index (χ1v) is 15.7. The van der Waals surface area contributed by atoms with Gasteiger partial charge in [-0.25, -0.2) is 0 Å². The van der Waals surface area contributed by atoms with E-state index in [0.29, 0.717) is 23.6 Å². The van der Waals surface area contributed by atoms with E-state index in [1.807, 2.05) is 27.7 Å². The third-order valence-corrected chi connectivity index (χ3v) is 9.29. The molecular weight excluding hydrogens is 533 g/mol. The number of carbonyl (C=O) groups excluding carboxylic acids is 4. The lowest BCUT2D eigenvalue weighted by Gasteiger charge is -2.32. The van der Waals surface area contributed by atoms with Gasteiger partial charge in [0, 0.05) is 30.1 Å². The van der Waals surface area contributed by atoms with Crippen LogP contribution in [0.1, 0.15) is 68.2 Å². The number of carbonyl (C=O) groups is 4. The van der Waals surface area contributed by atoms with Crippen LogP contribution < -0.4 is 10.6 Å². The van der Waals surface area contributed by atoms with Gasteiger partial charge in [-0.1, -0.05) is 39.8 Å². The molecule has 1 heterocycles. The fourth-order valence-electron chi connectivity index (χ4n) is 5.21. The predicted molar refractivity (Wildman–Crippen MR) is 153 cm³/mol. The van der Waals surface area contributed by atoms with E-state index in [0.717, 1.165) is 4.90 Å². The maximum atomic E-state index is 14.3. The Labute approximate surface area is 235 Å². The highest BCUT2D eigenvalue weighted by molar-refractivity contribution is 7.59. The molecule has 3 atom stereocenters. The topological polar surface area (TPSA) is 142 Å². The van der Waals surface area contributed by atoms with Gasteiger partial charge >= 0.3 is 0 Å². The van der Waals surface area contributed by atoms with Gasteiger partial charge in [-0.2, -0.15) is 0 Å². The normalized spacial score (nSPS) is 16.2. The molecular formula is C29H40N3O7P. The summed E-state index contributed by atoms with van der Waals surface area (Å²) in [6, 6.07) is 6.95. The van der Waals surface area contributed by atoms with E-state index in [1.54, 1.807) is 25.1 Å². The molecule has 0 radical (unpaired) electrons. The van der Waals surface area contributed by atoms with Crippen molar-refractivity contribution in [2.75, 3.05) is 26.1 Å². The lowest BCUT2D eigenvalue weighted by molar-refractivity contribution is -0.131. The Hall–Kier alpha value is -3.23. The Morgan fingerprint density at radius 1 is 1.00 bits per heavy atom. The second kappa shape index (κ2) is 13.0. The molecule has 11 heteroatoms. The summed E-state index contributed by atoms with van der Waals surface area (Å²) >= 11 is 0. The maximum Gasteiger partial charge on any atom is 0.262 e. The highest BCUT2D eigenvalue weighted by Gasteiger charge is 2.41. The number of hydrogen-bond donors (Lipinski definition) is 3. The average Bonchev–Trinajstić information content (AvgIpc) is 2.87. The molecule has 0 saturated carbocycles. The van der Waals surface area contributed by atoms with Crippen LogP contribution in [0.4, 0.5) is 0 Å². The number of hydrogen-bond acceptors (Lipinski definition) is 7. The number of nitrogens with one attached hydrogen (secondary N) is 2. The van der Waals surface area contributed by atoms with Gasteiger partial charge in [-0.05, 0) is 55.2 Å². The number of benzene rings is 2. The molecule has 4 amide bonds. The average molecular weight is 574 g/mol. The van der Waals surface area contributed by atoms with E-state index in [9.17, 15) is 28.8 Å². The van der Waals surface area contributed by atoms with Crippen LogP contribution in [-0.4, -0.2) is 65.8 Å². The minimum atomic E-state index is -3.77. The number of amides is 4. The standard InChI is InChI=1S/C29H40N3O7P/c1-7-39-40(38,15-20(11-17(2)3)26(34)31-24(12-18(4)5)27(35)30-6)16-32-28(36)22-10-8-9-19-13-21(33)14-23(25(19)22)29(32)37/h8-10,13-14,17-18,20,24,33H,7,11-12,15-16H2,1-6H3,(H,30,35)(H,31,34)/t20?,24-,40?/m0/s1. The van der Waals surface area contributed by atoms with E-state index in [2.05, 4.69) is 10.6 Å². The van der Waals surface area contributed by atoms with Crippen molar-refractivity contribution in [3.05, 3.63) is 41.5 Å². The smallest absolute Gasteiger partial charge is 0.262 e. The summed E-state index contributed by atoms with van der Waals surface area (Å²) in [7, 11) is -2.27. The van der Waals surface area contributed by atoms with Crippen LogP contribution in [0, 0.1) is 17.8 Å². The van der Waals surface area contributed by atoms with Crippen LogP contribution in [0.15, 0.2) is 30.3 Å². The number of phenols is 1. The first kappa shape index (κ1) is 31.3. The molecule has 0 saturated heterocycles. The Bertz CT molecular complexity index is 1340. The highest BCUT2D eigenvalue weighted by atomic mass is 31.2. The Morgan fingerprint density at radius 2 is 1.65 bits per heavy atom. The number of likely N-dealkylation sites (N-methyl/N-ethyl adjacent to an activating group) is 1. The molecule has 0 aliphatic carbocycles. The second-order valence-electron chi connectivity index (χ2n) is 11.1. The van der Waals surface area contributed by atoms with Crippen LogP contribution in [0.5, 0.6) is 5.75 Å². The Balaban J connectivity index is 1.93. The minimum Gasteiger partial charge on any atom is -0.508 e. The first-order chi connectivity index (χ1) is 18.8. The summed E-state index contributed by atoms with van der Waals surface area (Å²) in [5, 5.41) is 16.6. The zero-order chi connectivity index (χ0) is 29.8. The summed E-state index contributed by atoms with van der Waals surface area (Å²) < 4.78 is 20.0. The molecule has 3 N–H and O–H groups in total. The number of phenolic OH excluding ortho intramolecular Hbond substituents is 1. The van der Waals surface area contributed by atoms with E-state index >= 15 is 0 Å². The molecule has 2 aromatic rings. The molecule has 10 nitrogen and oxygen atoms in total. The Morgan fingerprint density at radius 3 is 2.25 bits per heavy atom. The van der Waals surface area contributed by atoms with Crippen LogP contribution in [-0.2, 0) is 18.7 Å². The quantitative estimate of drug-likeness (QED) is 0.239. The molecule has 0 aromatic heterocycles. The summed E-state index contributed by atoms with van der Waals surface area (Å²) in [5.41, 5.74) is 0.389. The largest absolute Gasteiger partial charge is 0.508 e. The molecule has 218 valence electrons. The molecule has 0 bridgehead atoms. The van der Waals surface area contributed by atoms with Gasteiger partial charge in [-0.15, -0.1) is 0 Å². The molecule has 1 aliphatic rings. The van der Waals surface area contributed by atoms with Crippen LogP contribution >= 0.6 is 7.37 Å².